The normalized spacial score (nSPS) is 11.5. The minimum absolute atomic E-state index is 0.162. The van der Waals surface area contributed by atoms with E-state index in [1.165, 1.54) is 0 Å². The predicted octanol–water partition coefficient (Wildman–Crippen LogP) is 19.1. The Hall–Kier alpha value is -14.2. The Bertz CT molecular complexity index is 6500. The molecule has 0 saturated heterocycles. The van der Waals surface area contributed by atoms with Crippen molar-refractivity contribution in [3.05, 3.63) is 290 Å². The summed E-state index contributed by atoms with van der Waals surface area (Å²) in [4.78, 5) is 58.8. The molecular formula is C97H89N7O12. The van der Waals surface area contributed by atoms with Crippen LogP contribution in [0.2, 0.25) is 0 Å². The van der Waals surface area contributed by atoms with Gasteiger partial charge in [-0.25, -0.2) is 19.0 Å². The van der Waals surface area contributed by atoms with Crippen molar-refractivity contribution in [3.63, 3.8) is 0 Å². The van der Waals surface area contributed by atoms with Crippen LogP contribution in [0.25, 0.3) is 134 Å². The monoisotopic (exact) mass is 1540 g/mol. The van der Waals surface area contributed by atoms with E-state index < -0.39 is 23.9 Å². The SMILES string of the molecule is CCN=c1cc2oc3cc(NCC)c(C)cc3c(-c3ccccc3C(=O)O)c-2cc1C.CCN=c1cc2oc3cc(NCC)c(C)cc3c(-c3ccccc3C(=O)O)c-2cc1C.CN(C)c1ccc2c(-c3ccccc3C(=O)[O-])c3ccc(=[N+](C)C)cc-3oc2c1.Cc1ccc2c(-c3ccccc3C(=O)O)c3ccc(=N)cc-3oc2c1. The minimum atomic E-state index is -1.20. The van der Waals surface area contributed by atoms with Gasteiger partial charge < -0.3 is 63.8 Å². The van der Waals surface area contributed by atoms with Crippen molar-refractivity contribution in [2.45, 2.75) is 62.3 Å². The van der Waals surface area contributed by atoms with E-state index in [9.17, 15) is 39.6 Å². The first-order chi connectivity index (χ1) is 55.8. The Balaban J connectivity index is 0.000000135. The van der Waals surface area contributed by atoms with Gasteiger partial charge in [-0.2, -0.15) is 0 Å². The lowest BCUT2D eigenvalue weighted by molar-refractivity contribution is -0.255. The van der Waals surface area contributed by atoms with Gasteiger partial charge in [0.2, 0.25) is 5.36 Å². The fourth-order valence-corrected chi connectivity index (χ4v) is 14.9. The summed E-state index contributed by atoms with van der Waals surface area (Å²) in [5, 5.41) is 62.3. The Morgan fingerprint density at radius 2 is 0.784 bits per heavy atom. The summed E-state index contributed by atoms with van der Waals surface area (Å²) in [6.45, 7) is 21.2. The van der Waals surface area contributed by atoms with Gasteiger partial charge in [0.15, 0.2) is 0 Å². The lowest BCUT2D eigenvalue weighted by atomic mass is 9.89. The molecule has 0 radical (unpaired) electrons. The summed E-state index contributed by atoms with van der Waals surface area (Å²) in [6, 6.07) is 67.3. The predicted molar refractivity (Wildman–Crippen MR) is 460 cm³/mol. The summed E-state index contributed by atoms with van der Waals surface area (Å²) in [5.74, 6) is -1.43. The van der Waals surface area contributed by atoms with Crippen molar-refractivity contribution in [3.8, 4) is 89.8 Å². The van der Waals surface area contributed by atoms with Gasteiger partial charge in [0.1, 0.15) is 59.5 Å². The number of aryl methyl sites for hydroxylation is 5. The van der Waals surface area contributed by atoms with Crippen molar-refractivity contribution in [2.24, 2.45) is 9.98 Å². The number of carbonyl (C=O) groups excluding carboxylic acids is 1. The van der Waals surface area contributed by atoms with Gasteiger partial charge in [-0.1, -0.05) is 91.0 Å². The largest absolute Gasteiger partial charge is 0.545 e. The highest BCUT2D eigenvalue weighted by Gasteiger charge is 2.28. The molecule has 0 bridgehead atoms. The summed E-state index contributed by atoms with van der Waals surface area (Å²) in [6.07, 6.45) is 0. The Labute approximate surface area is 670 Å². The number of anilines is 3. The second-order valence-electron chi connectivity index (χ2n) is 28.8. The van der Waals surface area contributed by atoms with Gasteiger partial charge in [-0.05, 0) is 191 Å². The van der Waals surface area contributed by atoms with Gasteiger partial charge in [-0.3, -0.25) is 9.98 Å². The Kier molecular flexibility index (Phi) is 23.4. The molecule has 4 heterocycles. The van der Waals surface area contributed by atoms with Crippen molar-refractivity contribution >= 4 is 84.8 Å². The summed E-state index contributed by atoms with van der Waals surface area (Å²) in [7, 11) is 7.88. The third-order valence-electron chi connectivity index (χ3n) is 20.5. The van der Waals surface area contributed by atoms with E-state index in [1.807, 2.05) is 232 Å². The Morgan fingerprint density at radius 3 is 1.20 bits per heavy atom. The number of rotatable bonds is 15. The van der Waals surface area contributed by atoms with Crippen LogP contribution in [-0.4, -0.2) is 93.6 Å². The van der Waals surface area contributed by atoms with Gasteiger partial charge in [0.25, 0.3) is 0 Å². The molecule has 0 atom stereocenters. The maximum atomic E-state index is 12.0. The third kappa shape index (κ3) is 16.1. The van der Waals surface area contributed by atoms with Crippen LogP contribution >= 0.6 is 0 Å². The number of nitrogens with one attached hydrogen (secondary N) is 3. The number of hydrogen-bond donors (Lipinski definition) is 6. The second kappa shape index (κ2) is 34.0. The first-order valence-corrected chi connectivity index (χ1v) is 38.3. The molecule has 116 heavy (non-hydrogen) atoms. The number of hydrogen-bond acceptors (Lipinski definition) is 15. The lowest BCUT2D eigenvalue weighted by Crippen LogP contribution is -2.23. The van der Waals surface area contributed by atoms with E-state index in [0.29, 0.717) is 86.1 Å². The topological polar surface area (TPSA) is 283 Å². The smallest absolute Gasteiger partial charge is 0.336 e. The highest BCUT2D eigenvalue weighted by atomic mass is 16.4. The molecule has 16 rings (SSSR count). The van der Waals surface area contributed by atoms with Crippen LogP contribution in [0.1, 0.15) is 96.9 Å². The molecule has 0 fully saturated rings. The lowest BCUT2D eigenvalue weighted by Gasteiger charge is -2.19. The van der Waals surface area contributed by atoms with E-state index in [0.717, 1.165) is 140 Å². The van der Waals surface area contributed by atoms with Crippen LogP contribution in [0.3, 0.4) is 0 Å². The zero-order chi connectivity index (χ0) is 82.5. The van der Waals surface area contributed by atoms with Crippen molar-refractivity contribution in [1.29, 1.82) is 5.41 Å². The molecule has 584 valence electrons. The maximum Gasteiger partial charge on any atom is 0.336 e. The summed E-state index contributed by atoms with van der Waals surface area (Å²) < 4.78 is 27.0. The average Bonchev–Trinajstić information content (AvgIpc) is 0.775. The number of benzene rings is 12. The second-order valence-corrected chi connectivity index (χ2v) is 28.8. The molecule has 4 aliphatic heterocycles. The zero-order valence-corrected chi connectivity index (χ0v) is 66.9. The van der Waals surface area contributed by atoms with Crippen LogP contribution < -0.4 is 46.6 Å². The molecule has 19 heteroatoms. The quantitative estimate of drug-likeness (QED) is 0.0411. The zero-order valence-electron chi connectivity index (χ0n) is 66.9. The molecule has 8 aliphatic rings. The fourth-order valence-electron chi connectivity index (χ4n) is 14.9. The van der Waals surface area contributed by atoms with E-state index in [4.69, 9.17) is 23.1 Å². The van der Waals surface area contributed by atoms with Gasteiger partial charge in [0, 0.05) is 171 Å². The number of carbonyl (C=O) groups is 4. The molecule has 4 aliphatic carbocycles. The highest BCUT2D eigenvalue weighted by Crippen LogP contribution is 2.47. The summed E-state index contributed by atoms with van der Waals surface area (Å²) in [5.41, 5.74) is 21.4. The van der Waals surface area contributed by atoms with E-state index in [1.54, 1.807) is 60.7 Å². The number of aromatic carboxylic acids is 4. The van der Waals surface area contributed by atoms with Crippen LogP contribution in [-0.2, 0) is 0 Å². The van der Waals surface area contributed by atoms with Crippen LogP contribution in [0.15, 0.2) is 246 Å². The summed E-state index contributed by atoms with van der Waals surface area (Å²) >= 11 is 0. The molecule has 0 aromatic heterocycles. The van der Waals surface area contributed by atoms with Crippen molar-refractivity contribution in [1.82, 2.24) is 4.58 Å². The van der Waals surface area contributed by atoms with Crippen LogP contribution in [0.5, 0.6) is 0 Å². The molecule has 8 aromatic rings. The first kappa shape index (κ1) is 79.9. The average molecular weight is 1540 g/mol. The van der Waals surface area contributed by atoms with Gasteiger partial charge in [0.05, 0.1) is 44.8 Å². The molecule has 0 saturated carbocycles. The molecule has 6 N–H and O–H groups in total. The standard InChI is InChI=1S/2C26H26N2O3.C24H22N2O3.C21H15NO3/c2*1-5-27-21-13-23-19(11-15(21)3)25(17-9-7-8-10-18(17)26(29)30)20-12-16(4)22(28-6-2)14-24(20)31-23;1-25(2)15-9-11-19-21(13-15)29-22-14-16(26(3)4)10-12-20(22)23(19)17-7-5-6-8-18(17)24(27)28;1-12-6-8-16-18(10-12)25-19-11-13(22)7-9-17(19)20(16)14-4-2-3-5-15(14)21(23)24/h2*7-14,27H,5-6H2,1-4H3,(H,29,30);5-14H,1-4H3;2-11,22H,1H3,(H,23,24). The van der Waals surface area contributed by atoms with E-state index in [-0.39, 0.29) is 22.3 Å². The first-order valence-electron chi connectivity index (χ1n) is 38.3. The van der Waals surface area contributed by atoms with Crippen molar-refractivity contribution < 1.29 is 57.3 Å². The number of carboxylic acid groups (broad SMARTS) is 4. The van der Waals surface area contributed by atoms with Gasteiger partial charge >= 0.3 is 17.9 Å². The van der Waals surface area contributed by atoms with E-state index >= 15 is 0 Å². The molecule has 8 aromatic carbocycles. The van der Waals surface area contributed by atoms with E-state index in [2.05, 4.69) is 46.6 Å². The molecule has 19 nitrogen and oxygen atoms in total. The molecule has 0 spiro atoms. The number of nitrogens with zero attached hydrogens (tertiary/aromatic N) is 4. The molecular weight excluding hydrogens is 1460 g/mol. The number of fused-ring (bicyclic) bond motifs is 8. The maximum absolute atomic E-state index is 12.0. The van der Waals surface area contributed by atoms with Crippen molar-refractivity contribution in [2.75, 3.05) is 69.9 Å². The molecule has 0 amide bonds. The number of carboxylic acids is 4. The minimum Gasteiger partial charge on any atom is -0.545 e. The molecule has 0 unspecified atom stereocenters. The Morgan fingerprint density at radius 1 is 0.405 bits per heavy atom. The van der Waals surface area contributed by atoms with Crippen LogP contribution in [0, 0.1) is 40.0 Å². The highest BCUT2D eigenvalue weighted by molar-refractivity contribution is 6.12. The van der Waals surface area contributed by atoms with Gasteiger partial charge in [-0.15, -0.1) is 0 Å². The van der Waals surface area contributed by atoms with Crippen LogP contribution in [0.4, 0.5) is 17.1 Å². The third-order valence-corrected chi connectivity index (χ3v) is 20.5. The fraction of sp³-hybridized carbons (Fsp3) is 0.175.